The van der Waals surface area contributed by atoms with Crippen LogP contribution in [-0.2, 0) is 4.79 Å². The Kier molecular flexibility index (Phi) is 4.57. The fourth-order valence-corrected chi connectivity index (χ4v) is 4.69. The fourth-order valence-electron chi connectivity index (χ4n) is 3.82. The molecule has 0 saturated carbocycles. The van der Waals surface area contributed by atoms with Crippen molar-refractivity contribution in [1.82, 2.24) is 4.90 Å². The summed E-state index contributed by atoms with van der Waals surface area (Å²) >= 11 is 1.72. The zero-order valence-electron chi connectivity index (χ0n) is 14.2. The highest BCUT2D eigenvalue weighted by molar-refractivity contribution is 7.10. The predicted molar refractivity (Wildman–Crippen MR) is 100.0 cm³/mol. The number of amides is 2. The Labute approximate surface area is 152 Å². The highest BCUT2D eigenvalue weighted by atomic mass is 32.1. The van der Waals surface area contributed by atoms with E-state index in [1.807, 2.05) is 40.1 Å². The van der Waals surface area contributed by atoms with E-state index >= 15 is 0 Å². The zero-order valence-corrected chi connectivity index (χ0v) is 15.0. The van der Waals surface area contributed by atoms with Crippen molar-refractivity contribution in [1.29, 1.82) is 0 Å². The molecule has 4 nitrogen and oxygen atoms in total. The smallest absolute Gasteiger partial charge is 0.254 e. The summed E-state index contributed by atoms with van der Waals surface area (Å²) in [5, 5.41) is 2.07. The van der Waals surface area contributed by atoms with Gasteiger partial charge < -0.3 is 9.80 Å². The van der Waals surface area contributed by atoms with Crippen LogP contribution >= 0.6 is 11.3 Å². The fraction of sp³-hybridized carbons (Fsp3) is 0.400. The van der Waals surface area contributed by atoms with Crippen LogP contribution in [0.4, 0.5) is 5.69 Å². The van der Waals surface area contributed by atoms with Gasteiger partial charge in [0.05, 0.1) is 6.04 Å². The van der Waals surface area contributed by atoms with Gasteiger partial charge in [0.25, 0.3) is 5.91 Å². The van der Waals surface area contributed by atoms with Gasteiger partial charge in [-0.3, -0.25) is 9.59 Å². The van der Waals surface area contributed by atoms with Crippen molar-refractivity contribution in [2.45, 2.75) is 38.1 Å². The Bertz CT molecular complexity index is 755. The molecule has 2 saturated heterocycles. The van der Waals surface area contributed by atoms with Crippen LogP contribution in [0.1, 0.15) is 53.4 Å². The number of hydrogen-bond acceptors (Lipinski definition) is 3. The lowest BCUT2D eigenvalue weighted by Crippen LogP contribution is -2.35. The lowest BCUT2D eigenvalue weighted by atomic mass is 10.1. The van der Waals surface area contributed by atoms with Crippen molar-refractivity contribution >= 4 is 28.8 Å². The molecule has 0 spiro atoms. The Morgan fingerprint density at radius 1 is 1.04 bits per heavy atom. The van der Waals surface area contributed by atoms with Gasteiger partial charge in [0.1, 0.15) is 0 Å². The van der Waals surface area contributed by atoms with Gasteiger partial charge in [0.2, 0.25) is 5.91 Å². The van der Waals surface area contributed by atoms with E-state index in [1.54, 1.807) is 11.3 Å². The SMILES string of the molecule is O=C1CCCCN1c1ccc(C(=O)N2CCCC2c2cccs2)cc1. The van der Waals surface area contributed by atoms with Gasteiger partial charge >= 0.3 is 0 Å². The molecule has 25 heavy (non-hydrogen) atoms. The first kappa shape index (κ1) is 16.3. The number of benzene rings is 1. The van der Waals surface area contributed by atoms with Crippen molar-refractivity contribution in [3.63, 3.8) is 0 Å². The number of thiophene rings is 1. The maximum absolute atomic E-state index is 13.0. The molecule has 2 aliphatic rings. The third kappa shape index (κ3) is 3.21. The minimum atomic E-state index is 0.0902. The first-order valence-electron chi connectivity index (χ1n) is 8.99. The minimum Gasteiger partial charge on any atom is -0.331 e. The topological polar surface area (TPSA) is 40.6 Å². The summed E-state index contributed by atoms with van der Waals surface area (Å²) in [6.45, 7) is 1.59. The Hall–Kier alpha value is -2.14. The van der Waals surface area contributed by atoms with Gasteiger partial charge in [-0.25, -0.2) is 0 Å². The summed E-state index contributed by atoms with van der Waals surface area (Å²) in [5.41, 5.74) is 1.61. The number of piperidine rings is 1. The standard InChI is InChI=1S/C20H22N2O2S/c23-19-7-1-2-12-21(19)16-10-8-15(9-11-16)20(24)22-13-3-5-17(22)18-6-4-14-25-18/h4,6,8-11,14,17H,1-3,5,7,12-13H2. The van der Waals surface area contributed by atoms with Gasteiger partial charge in [0.15, 0.2) is 0 Å². The van der Waals surface area contributed by atoms with Crippen molar-refractivity contribution in [3.8, 4) is 0 Å². The molecule has 3 heterocycles. The molecule has 2 aliphatic heterocycles. The monoisotopic (exact) mass is 354 g/mol. The van der Waals surface area contributed by atoms with Crippen LogP contribution in [0.15, 0.2) is 41.8 Å². The first-order chi connectivity index (χ1) is 12.2. The summed E-state index contributed by atoms with van der Waals surface area (Å²) in [6.07, 6.45) is 4.73. The lowest BCUT2D eigenvalue weighted by molar-refractivity contribution is -0.119. The maximum Gasteiger partial charge on any atom is 0.254 e. The van der Waals surface area contributed by atoms with Gasteiger partial charge in [-0.05, 0) is 61.4 Å². The lowest BCUT2D eigenvalue weighted by Gasteiger charge is -2.27. The minimum absolute atomic E-state index is 0.0902. The Balaban J connectivity index is 1.51. The van der Waals surface area contributed by atoms with E-state index in [9.17, 15) is 9.59 Å². The molecular formula is C20H22N2O2S. The van der Waals surface area contributed by atoms with Crippen molar-refractivity contribution in [3.05, 3.63) is 52.2 Å². The van der Waals surface area contributed by atoms with Crippen LogP contribution < -0.4 is 4.90 Å². The largest absolute Gasteiger partial charge is 0.331 e. The van der Waals surface area contributed by atoms with E-state index in [4.69, 9.17) is 0 Å². The molecule has 5 heteroatoms. The molecule has 2 aromatic rings. The first-order valence-corrected chi connectivity index (χ1v) is 9.87. The molecule has 130 valence electrons. The third-order valence-corrected chi connectivity index (χ3v) is 6.11. The Morgan fingerprint density at radius 2 is 1.88 bits per heavy atom. The molecule has 0 radical (unpaired) electrons. The van der Waals surface area contributed by atoms with Crippen molar-refractivity contribution in [2.75, 3.05) is 18.0 Å². The van der Waals surface area contributed by atoms with E-state index in [2.05, 4.69) is 11.4 Å². The van der Waals surface area contributed by atoms with Crippen LogP contribution in [-0.4, -0.2) is 29.8 Å². The number of carbonyl (C=O) groups is 2. The van der Waals surface area contributed by atoms with Gasteiger partial charge in [-0.2, -0.15) is 0 Å². The van der Waals surface area contributed by atoms with E-state index in [1.165, 1.54) is 4.88 Å². The molecule has 1 unspecified atom stereocenters. The van der Waals surface area contributed by atoms with Crippen molar-refractivity contribution in [2.24, 2.45) is 0 Å². The molecule has 0 bridgehead atoms. The average molecular weight is 354 g/mol. The summed E-state index contributed by atoms with van der Waals surface area (Å²) in [7, 11) is 0. The Morgan fingerprint density at radius 3 is 2.60 bits per heavy atom. The van der Waals surface area contributed by atoms with Gasteiger partial charge in [-0.1, -0.05) is 6.07 Å². The number of nitrogens with zero attached hydrogens (tertiary/aromatic N) is 2. The van der Waals surface area contributed by atoms with E-state index in [0.29, 0.717) is 12.0 Å². The summed E-state index contributed by atoms with van der Waals surface area (Å²) in [4.78, 5) is 30.1. The number of anilines is 1. The van der Waals surface area contributed by atoms with E-state index in [0.717, 1.165) is 44.5 Å². The third-order valence-electron chi connectivity index (χ3n) is 5.13. The molecule has 2 fully saturated rings. The molecule has 1 aromatic carbocycles. The second kappa shape index (κ2) is 7.00. The normalized spacial score (nSPS) is 21.0. The summed E-state index contributed by atoms with van der Waals surface area (Å²) in [6, 6.07) is 11.9. The predicted octanol–water partition coefficient (Wildman–Crippen LogP) is 4.24. The number of carbonyl (C=O) groups excluding carboxylic acids is 2. The molecule has 0 N–H and O–H groups in total. The molecule has 2 amide bonds. The van der Waals surface area contributed by atoms with E-state index in [-0.39, 0.29) is 17.9 Å². The van der Waals surface area contributed by atoms with Gasteiger partial charge in [-0.15, -0.1) is 11.3 Å². The molecule has 4 rings (SSSR count). The van der Waals surface area contributed by atoms with Crippen LogP contribution in [0.25, 0.3) is 0 Å². The molecule has 1 aromatic heterocycles. The van der Waals surface area contributed by atoms with Gasteiger partial charge in [0, 0.05) is 35.6 Å². The summed E-state index contributed by atoms with van der Waals surface area (Å²) < 4.78 is 0. The van der Waals surface area contributed by atoms with Crippen LogP contribution in [0.3, 0.4) is 0 Å². The van der Waals surface area contributed by atoms with E-state index < -0.39 is 0 Å². The molecular weight excluding hydrogens is 332 g/mol. The quantitative estimate of drug-likeness (QED) is 0.827. The number of likely N-dealkylation sites (tertiary alicyclic amines) is 1. The number of hydrogen-bond donors (Lipinski definition) is 0. The van der Waals surface area contributed by atoms with Crippen LogP contribution in [0.2, 0.25) is 0 Å². The average Bonchev–Trinajstić information content (AvgIpc) is 3.33. The molecule has 0 aliphatic carbocycles. The zero-order chi connectivity index (χ0) is 17.2. The van der Waals surface area contributed by atoms with Crippen molar-refractivity contribution < 1.29 is 9.59 Å². The highest BCUT2D eigenvalue weighted by Crippen LogP contribution is 2.35. The van der Waals surface area contributed by atoms with Crippen LogP contribution in [0.5, 0.6) is 0 Å². The maximum atomic E-state index is 13.0. The second-order valence-corrected chi connectivity index (χ2v) is 7.70. The number of rotatable bonds is 3. The summed E-state index contributed by atoms with van der Waals surface area (Å²) in [5.74, 6) is 0.273. The second-order valence-electron chi connectivity index (χ2n) is 6.72. The molecule has 1 atom stereocenters. The van der Waals surface area contributed by atoms with Crippen LogP contribution in [0, 0.1) is 0 Å². The highest BCUT2D eigenvalue weighted by Gasteiger charge is 2.31.